The molecular formula is C10H12O4S. The quantitative estimate of drug-likeness (QED) is 0.738. The lowest BCUT2D eigenvalue weighted by atomic mass is 10.3. The predicted molar refractivity (Wildman–Crippen MR) is 56.4 cm³/mol. The fourth-order valence-electron chi connectivity index (χ4n) is 0.905. The molecule has 1 aromatic heterocycles. The van der Waals surface area contributed by atoms with Gasteiger partial charge < -0.3 is 9.47 Å². The standard InChI is InChI=1S/C10H12O4S/c1-6(11)7(2)14-8-4-5-15-9(8)10(12)13-3/h4-5,7H,1-3H3/t7-/m0/s1. The van der Waals surface area contributed by atoms with Crippen molar-refractivity contribution in [2.24, 2.45) is 0 Å². The van der Waals surface area contributed by atoms with Gasteiger partial charge in [0.05, 0.1) is 7.11 Å². The molecule has 1 rings (SSSR count). The Hall–Kier alpha value is -1.36. The SMILES string of the molecule is COC(=O)c1sccc1O[C@@H](C)C(C)=O. The molecule has 0 aliphatic heterocycles. The smallest absolute Gasteiger partial charge is 0.351 e. The van der Waals surface area contributed by atoms with Gasteiger partial charge in [-0.05, 0) is 25.3 Å². The van der Waals surface area contributed by atoms with Crippen LogP contribution in [0.4, 0.5) is 0 Å². The van der Waals surface area contributed by atoms with Crippen LogP contribution < -0.4 is 4.74 Å². The molecule has 0 saturated heterocycles. The van der Waals surface area contributed by atoms with Crippen LogP contribution in [0, 0.1) is 0 Å². The van der Waals surface area contributed by atoms with E-state index in [0.717, 1.165) is 0 Å². The second-order valence-electron chi connectivity index (χ2n) is 2.98. The second-order valence-corrected chi connectivity index (χ2v) is 3.89. The number of carbonyl (C=O) groups is 2. The molecule has 1 atom stereocenters. The van der Waals surface area contributed by atoms with Crippen molar-refractivity contribution in [3.63, 3.8) is 0 Å². The van der Waals surface area contributed by atoms with Crippen molar-refractivity contribution in [3.05, 3.63) is 16.3 Å². The van der Waals surface area contributed by atoms with Gasteiger partial charge in [0.15, 0.2) is 16.8 Å². The van der Waals surface area contributed by atoms with E-state index in [1.807, 2.05) is 0 Å². The van der Waals surface area contributed by atoms with E-state index in [1.165, 1.54) is 25.4 Å². The first-order valence-electron chi connectivity index (χ1n) is 4.39. The van der Waals surface area contributed by atoms with Gasteiger partial charge in [0.1, 0.15) is 5.75 Å². The molecule has 0 amide bonds. The molecule has 1 heterocycles. The number of carbonyl (C=O) groups excluding carboxylic acids is 2. The van der Waals surface area contributed by atoms with E-state index in [0.29, 0.717) is 10.6 Å². The predicted octanol–water partition coefficient (Wildman–Crippen LogP) is 1.89. The van der Waals surface area contributed by atoms with Gasteiger partial charge in [-0.3, -0.25) is 4.79 Å². The summed E-state index contributed by atoms with van der Waals surface area (Å²) in [6.07, 6.45) is -0.553. The Labute approximate surface area is 91.8 Å². The topological polar surface area (TPSA) is 52.6 Å². The van der Waals surface area contributed by atoms with Gasteiger partial charge >= 0.3 is 5.97 Å². The maximum atomic E-state index is 11.3. The Bertz CT molecular complexity index is 369. The zero-order chi connectivity index (χ0) is 11.4. The van der Waals surface area contributed by atoms with Gasteiger partial charge in [-0.15, -0.1) is 11.3 Å². The molecule has 4 nitrogen and oxygen atoms in total. The summed E-state index contributed by atoms with van der Waals surface area (Å²) in [5, 5.41) is 1.72. The number of esters is 1. The summed E-state index contributed by atoms with van der Waals surface area (Å²) in [4.78, 5) is 22.6. The van der Waals surface area contributed by atoms with Crippen LogP contribution in [-0.2, 0) is 9.53 Å². The Morgan fingerprint density at radius 1 is 1.47 bits per heavy atom. The van der Waals surface area contributed by atoms with E-state index >= 15 is 0 Å². The molecular weight excluding hydrogens is 216 g/mol. The van der Waals surface area contributed by atoms with Gasteiger partial charge in [0, 0.05) is 0 Å². The first-order valence-corrected chi connectivity index (χ1v) is 5.27. The van der Waals surface area contributed by atoms with E-state index in [-0.39, 0.29) is 5.78 Å². The molecule has 0 radical (unpaired) electrons. The summed E-state index contributed by atoms with van der Waals surface area (Å²) in [5.74, 6) is -0.137. The average molecular weight is 228 g/mol. The number of ketones is 1. The zero-order valence-corrected chi connectivity index (χ0v) is 9.59. The number of hydrogen-bond acceptors (Lipinski definition) is 5. The van der Waals surface area contributed by atoms with Crippen molar-refractivity contribution in [1.29, 1.82) is 0 Å². The van der Waals surface area contributed by atoms with Crippen LogP contribution in [0.1, 0.15) is 23.5 Å². The number of rotatable bonds is 4. The van der Waals surface area contributed by atoms with Gasteiger partial charge in [0.2, 0.25) is 0 Å². The highest BCUT2D eigenvalue weighted by molar-refractivity contribution is 7.12. The van der Waals surface area contributed by atoms with Crippen molar-refractivity contribution < 1.29 is 19.1 Å². The number of hydrogen-bond donors (Lipinski definition) is 0. The largest absolute Gasteiger partial charge is 0.481 e. The minimum absolute atomic E-state index is 0.0861. The normalized spacial score (nSPS) is 11.9. The van der Waals surface area contributed by atoms with Crippen molar-refractivity contribution in [2.45, 2.75) is 20.0 Å². The summed E-state index contributed by atoms with van der Waals surface area (Å²) < 4.78 is 9.91. The molecule has 0 aliphatic carbocycles. The van der Waals surface area contributed by atoms with Crippen LogP contribution in [-0.4, -0.2) is 25.0 Å². The Balaban J connectivity index is 2.82. The number of methoxy groups -OCH3 is 1. The monoisotopic (exact) mass is 228 g/mol. The van der Waals surface area contributed by atoms with E-state index in [2.05, 4.69) is 4.74 Å². The molecule has 0 bridgehead atoms. The second kappa shape index (κ2) is 4.93. The van der Waals surface area contributed by atoms with E-state index < -0.39 is 12.1 Å². The highest BCUT2D eigenvalue weighted by atomic mass is 32.1. The van der Waals surface area contributed by atoms with Crippen LogP contribution in [0.15, 0.2) is 11.4 Å². The lowest BCUT2D eigenvalue weighted by Crippen LogP contribution is -2.21. The fourth-order valence-corrected chi connectivity index (χ4v) is 1.64. The van der Waals surface area contributed by atoms with Gasteiger partial charge in [-0.1, -0.05) is 0 Å². The first kappa shape index (κ1) is 11.7. The minimum Gasteiger partial charge on any atom is -0.481 e. The lowest BCUT2D eigenvalue weighted by molar-refractivity contribution is -0.122. The van der Waals surface area contributed by atoms with Crippen LogP contribution in [0.25, 0.3) is 0 Å². The molecule has 0 aliphatic rings. The van der Waals surface area contributed by atoms with Gasteiger partial charge in [-0.2, -0.15) is 0 Å². The van der Waals surface area contributed by atoms with Crippen molar-refractivity contribution in [1.82, 2.24) is 0 Å². The molecule has 0 N–H and O–H groups in total. The number of thiophene rings is 1. The molecule has 0 unspecified atom stereocenters. The Morgan fingerprint density at radius 2 is 2.13 bits per heavy atom. The summed E-state index contributed by atoms with van der Waals surface area (Å²) >= 11 is 1.23. The first-order chi connectivity index (χ1) is 7.06. The fraction of sp³-hybridized carbons (Fsp3) is 0.400. The molecule has 0 fully saturated rings. The number of Topliss-reactive ketones (excluding diaryl/α,β-unsaturated/α-hetero) is 1. The Kier molecular flexibility index (Phi) is 3.85. The van der Waals surface area contributed by atoms with Crippen molar-refractivity contribution in [2.75, 3.05) is 7.11 Å². The van der Waals surface area contributed by atoms with E-state index in [9.17, 15) is 9.59 Å². The molecule has 0 aromatic carbocycles. The molecule has 1 aromatic rings. The maximum absolute atomic E-state index is 11.3. The summed E-state index contributed by atoms with van der Waals surface area (Å²) in [6, 6.07) is 1.65. The zero-order valence-electron chi connectivity index (χ0n) is 8.77. The molecule has 5 heteroatoms. The summed E-state index contributed by atoms with van der Waals surface area (Å²) in [5.41, 5.74) is 0. The number of ether oxygens (including phenoxy) is 2. The third-order valence-electron chi connectivity index (χ3n) is 1.88. The van der Waals surface area contributed by atoms with Crippen LogP contribution in [0.3, 0.4) is 0 Å². The molecule has 0 saturated carbocycles. The van der Waals surface area contributed by atoms with Gasteiger partial charge in [0.25, 0.3) is 0 Å². The minimum atomic E-state index is -0.553. The lowest BCUT2D eigenvalue weighted by Gasteiger charge is -2.10. The summed E-state index contributed by atoms with van der Waals surface area (Å²) in [6.45, 7) is 3.08. The molecule has 0 spiro atoms. The third-order valence-corrected chi connectivity index (χ3v) is 2.75. The highest BCUT2D eigenvalue weighted by Gasteiger charge is 2.18. The molecule has 82 valence electrons. The third kappa shape index (κ3) is 2.79. The average Bonchev–Trinajstić information content (AvgIpc) is 2.64. The van der Waals surface area contributed by atoms with Crippen LogP contribution >= 0.6 is 11.3 Å². The van der Waals surface area contributed by atoms with Crippen molar-refractivity contribution in [3.8, 4) is 5.75 Å². The van der Waals surface area contributed by atoms with Crippen LogP contribution in [0.5, 0.6) is 5.75 Å². The van der Waals surface area contributed by atoms with E-state index in [4.69, 9.17) is 4.74 Å². The van der Waals surface area contributed by atoms with E-state index in [1.54, 1.807) is 18.4 Å². The molecule has 15 heavy (non-hydrogen) atoms. The van der Waals surface area contributed by atoms with Crippen molar-refractivity contribution >= 4 is 23.1 Å². The van der Waals surface area contributed by atoms with Gasteiger partial charge in [-0.25, -0.2) is 4.79 Å². The Morgan fingerprint density at radius 3 is 2.67 bits per heavy atom. The maximum Gasteiger partial charge on any atom is 0.351 e. The highest BCUT2D eigenvalue weighted by Crippen LogP contribution is 2.26. The van der Waals surface area contributed by atoms with Crippen LogP contribution in [0.2, 0.25) is 0 Å². The summed E-state index contributed by atoms with van der Waals surface area (Å²) in [7, 11) is 1.31.